The average Bonchev–Trinajstić information content (AvgIpc) is 3.20. The van der Waals surface area contributed by atoms with Crippen LogP contribution in [0.1, 0.15) is 11.1 Å². The third kappa shape index (κ3) is 3.25. The second-order valence-corrected chi connectivity index (χ2v) is 8.55. The quantitative estimate of drug-likeness (QED) is 0.490. The van der Waals surface area contributed by atoms with Crippen LogP contribution >= 0.6 is 0 Å². The maximum Gasteiger partial charge on any atom is 0.268 e. The fraction of sp³-hybridized carbons (Fsp3) is 0.0870. The van der Waals surface area contributed by atoms with Crippen LogP contribution in [0.4, 0.5) is 0 Å². The summed E-state index contributed by atoms with van der Waals surface area (Å²) < 4.78 is 27.6. The van der Waals surface area contributed by atoms with Gasteiger partial charge in [-0.25, -0.2) is 17.4 Å². The number of rotatable bonds is 4. The van der Waals surface area contributed by atoms with Gasteiger partial charge in [0.25, 0.3) is 10.0 Å². The summed E-state index contributed by atoms with van der Waals surface area (Å²) in [5.74, 6) is 0. The Morgan fingerprint density at radius 3 is 2.21 bits per heavy atom. The minimum absolute atomic E-state index is 0.255. The van der Waals surface area contributed by atoms with Gasteiger partial charge in [-0.15, -0.1) is 0 Å². The number of aromatic nitrogens is 2. The third-order valence-electron chi connectivity index (χ3n) is 4.72. The molecule has 0 unspecified atom stereocenters. The van der Waals surface area contributed by atoms with Gasteiger partial charge in [-0.1, -0.05) is 48.0 Å². The lowest BCUT2D eigenvalue weighted by atomic mass is 10.0. The smallest absolute Gasteiger partial charge is 0.246 e. The van der Waals surface area contributed by atoms with Crippen molar-refractivity contribution in [2.24, 2.45) is 0 Å². The molecule has 4 nitrogen and oxygen atoms in total. The second kappa shape index (κ2) is 7.09. The Balaban J connectivity index is 1.81. The van der Waals surface area contributed by atoms with Gasteiger partial charge < -0.3 is 0 Å². The zero-order valence-electron chi connectivity index (χ0n) is 15.7. The monoisotopic (exact) mass is 388 g/mol. The first-order chi connectivity index (χ1) is 13.5. The molecule has 0 N–H and O–H groups in total. The Labute approximate surface area is 165 Å². The van der Waals surface area contributed by atoms with Crippen molar-refractivity contribution in [2.45, 2.75) is 18.7 Å². The topological polar surface area (TPSA) is 52.0 Å². The van der Waals surface area contributed by atoms with E-state index in [1.165, 1.54) is 3.97 Å². The molecule has 4 aromatic rings. The average molecular weight is 388 g/mol. The highest BCUT2D eigenvalue weighted by Crippen LogP contribution is 2.27. The van der Waals surface area contributed by atoms with E-state index in [-0.39, 0.29) is 4.90 Å². The first-order valence-corrected chi connectivity index (χ1v) is 10.4. The van der Waals surface area contributed by atoms with Gasteiger partial charge in [0.1, 0.15) is 0 Å². The number of hydrogen-bond acceptors (Lipinski definition) is 3. The van der Waals surface area contributed by atoms with Crippen molar-refractivity contribution in [3.05, 3.63) is 96.2 Å². The minimum atomic E-state index is -3.70. The van der Waals surface area contributed by atoms with E-state index in [2.05, 4.69) is 0 Å². The molecule has 2 heterocycles. The van der Waals surface area contributed by atoms with E-state index in [1.807, 2.05) is 56.3 Å². The van der Waals surface area contributed by atoms with Gasteiger partial charge in [-0.05, 0) is 55.8 Å². The van der Waals surface area contributed by atoms with Crippen molar-refractivity contribution in [2.75, 3.05) is 0 Å². The molecule has 2 aromatic carbocycles. The largest absolute Gasteiger partial charge is 0.268 e. The van der Waals surface area contributed by atoms with Crippen LogP contribution in [0.2, 0.25) is 0 Å². The third-order valence-corrected chi connectivity index (χ3v) is 6.43. The van der Waals surface area contributed by atoms with Crippen LogP contribution in [-0.2, 0) is 10.0 Å². The van der Waals surface area contributed by atoms with Crippen molar-refractivity contribution < 1.29 is 8.42 Å². The van der Waals surface area contributed by atoms with Crippen molar-refractivity contribution >= 4 is 10.0 Å². The van der Waals surface area contributed by atoms with Gasteiger partial charge in [-0.2, -0.15) is 0 Å². The minimum Gasteiger partial charge on any atom is -0.246 e. The molecule has 0 saturated carbocycles. The van der Waals surface area contributed by atoms with E-state index in [1.54, 1.807) is 42.6 Å². The summed E-state index contributed by atoms with van der Waals surface area (Å²) in [4.78, 5) is 5.00. The summed E-state index contributed by atoms with van der Waals surface area (Å²) in [5.41, 5.74) is 5.13. The van der Waals surface area contributed by atoms with Crippen LogP contribution in [0, 0.1) is 13.8 Å². The molecular weight excluding hydrogens is 368 g/mol. The fourth-order valence-electron chi connectivity index (χ4n) is 3.19. The number of hydrogen-bond donors (Lipinski definition) is 0. The van der Waals surface area contributed by atoms with E-state index in [4.69, 9.17) is 4.98 Å². The molecule has 0 saturated heterocycles. The van der Waals surface area contributed by atoms with Gasteiger partial charge in [0.2, 0.25) is 0 Å². The molecule has 0 aliphatic rings. The first-order valence-electron chi connectivity index (χ1n) is 9.00. The van der Waals surface area contributed by atoms with Gasteiger partial charge >= 0.3 is 0 Å². The molecule has 0 aliphatic heterocycles. The molecule has 0 radical (unpaired) electrons. The Morgan fingerprint density at radius 1 is 0.750 bits per heavy atom. The van der Waals surface area contributed by atoms with Crippen molar-refractivity contribution in [3.8, 4) is 22.6 Å². The summed E-state index contributed by atoms with van der Waals surface area (Å²) in [5, 5.41) is 0. The van der Waals surface area contributed by atoms with Crippen LogP contribution in [0.25, 0.3) is 22.6 Å². The molecule has 0 bridgehead atoms. The highest BCUT2D eigenvalue weighted by Gasteiger charge is 2.20. The van der Waals surface area contributed by atoms with E-state index in [0.29, 0.717) is 11.4 Å². The van der Waals surface area contributed by atoms with E-state index in [9.17, 15) is 8.42 Å². The normalized spacial score (nSPS) is 11.5. The van der Waals surface area contributed by atoms with Crippen molar-refractivity contribution in [1.82, 2.24) is 8.96 Å². The van der Waals surface area contributed by atoms with Crippen LogP contribution < -0.4 is 0 Å². The Morgan fingerprint density at radius 2 is 1.46 bits per heavy atom. The SMILES string of the molecule is Cc1ccc(S(=O)(=O)n2cccc2-c2cccc(-c3ccccc3C)n2)cc1. The molecule has 0 amide bonds. The standard InChI is InChI=1S/C23H20N2O2S/c1-17-12-14-19(15-13-17)28(26,27)25-16-6-11-23(25)22-10-5-9-21(24-22)20-8-4-3-7-18(20)2/h3-16H,1-2H3. The van der Waals surface area contributed by atoms with Crippen LogP contribution in [0.5, 0.6) is 0 Å². The molecule has 140 valence electrons. The van der Waals surface area contributed by atoms with Crippen molar-refractivity contribution in [1.29, 1.82) is 0 Å². The maximum atomic E-state index is 13.1. The first kappa shape index (κ1) is 18.2. The van der Waals surface area contributed by atoms with E-state index < -0.39 is 10.0 Å². The zero-order chi connectivity index (χ0) is 19.7. The molecule has 0 atom stereocenters. The number of nitrogens with zero attached hydrogens (tertiary/aromatic N) is 2. The molecule has 2 aromatic heterocycles. The van der Waals surface area contributed by atoms with Crippen molar-refractivity contribution in [3.63, 3.8) is 0 Å². The Bertz CT molecular complexity index is 1240. The molecule has 28 heavy (non-hydrogen) atoms. The Kier molecular flexibility index (Phi) is 4.61. The Hall–Kier alpha value is -3.18. The van der Waals surface area contributed by atoms with Gasteiger partial charge in [0.15, 0.2) is 0 Å². The second-order valence-electron chi connectivity index (χ2n) is 6.73. The lowest BCUT2D eigenvalue weighted by Gasteiger charge is -2.12. The van der Waals surface area contributed by atoms with Crippen LogP contribution in [-0.4, -0.2) is 17.4 Å². The predicted molar refractivity (Wildman–Crippen MR) is 112 cm³/mol. The van der Waals surface area contributed by atoms with E-state index >= 15 is 0 Å². The number of aryl methyl sites for hydroxylation is 2. The van der Waals surface area contributed by atoms with Gasteiger partial charge in [0, 0.05) is 11.8 Å². The summed E-state index contributed by atoms with van der Waals surface area (Å²) in [6.45, 7) is 3.96. The highest BCUT2D eigenvalue weighted by molar-refractivity contribution is 7.90. The number of benzene rings is 2. The summed E-state index contributed by atoms with van der Waals surface area (Å²) >= 11 is 0. The highest BCUT2D eigenvalue weighted by atomic mass is 32.2. The number of pyridine rings is 1. The van der Waals surface area contributed by atoms with Crippen LogP contribution in [0.15, 0.2) is 90.0 Å². The predicted octanol–water partition coefficient (Wildman–Crippen LogP) is 5.07. The van der Waals surface area contributed by atoms with Gasteiger partial charge in [0.05, 0.1) is 22.0 Å². The fourth-order valence-corrected chi connectivity index (χ4v) is 4.54. The molecular formula is C23H20N2O2S. The molecule has 0 spiro atoms. The molecule has 5 heteroatoms. The summed E-state index contributed by atoms with van der Waals surface area (Å²) in [6, 6.07) is 24.0. The summed E-state index contributed by atoms with van der Waals surface area (Å²) in [6.07, 6.45) is 1.56. The van der Waals surface area contributed by atoms with Crippen LogP contribution in [0.3, 0.4) is 0 Å². The maximum absolute atomic E-state index is 13.1. The lowest BCUT2D eigenvalue weighted by Crippen LogP contribution is -2.13. The lowest BCUT2D eigenvalue weighted by molar-refractivity contribution is 0.588. The molecule has 0 fully saturated rings. The van der Waals surface area contributed by atoms with Gasteiger partial charge in [-0.3, -0.25) is 0 Å². The summed E-state index contributed by atoms with van der Waals surface area (Å²) in [7, 11) is -3.70. The molecule has 0 aliphatic carbocycles. The van der Waals surface area contributed by atoms with E-state index in [0.717, 1.165) is 22.4 Å². The zero-order valence-corrected chi connectivity index (χ0v) is 16.5. The molecule has 4 rings (SSSR count).